The maximum atomic E-state index is 12.5. The standard InChI is InChI=1S/C19H19F2NO5/c1-22(2)17(23)16(12-7-5-4-6-8-12)27-18(24)13-9-10-14(26-19(20)21)15(11-13)25-3/h4-11,16,19H,1-3H3. The van der Waals surface area contributed by atoms with Crippen LogP contribution in [0.15, 0.2) is 48.5 Å². The van der Waals surface area contributed by atoms with Gasteiger partial charge >= 0.3 is 12.6 Å². The molecule has 0 fully saturated rings. The fraction of sp³-hybridized carbons (Fsp3) is 0.263. The summed E-state index contributed by atoms with van der Waals surface area (Å²) in [7, 11) is 4.35. The Morgan fingerprint density at radius 3 is 2.22 bits per heavy atom. The van der Waals surface area contributed by atoms with Crippen molar-refractivity contribution in [3.63, 3.8) is 0 Å². The Morgan fingerprint density at radius 2 is 1.67 bits per heavy atom. The molecule has 0 N–H and O–H groups in total. The molecule has 27 heavy (non-hydrogen) atoms. The number of ether oxygens (including phenoxy) is 3. The average molecular weight is 379 g/mol. The Morgan fingerprint density at radius 1 is 1.00 bits per heavy atom. The molecule has 0 radical (unpaired) electrons. The highest BCUT2D eigenvalue weighted by Gasteiger charge is 2.27. The topological polar surface area (TPSA) is 65.1 Å². The summed E-state index contributed by atoms with van der Waals surface area (Å²) in [5, 5.41) is 0. The van der Waals surface area contributed by atoms with Crippen LogP contribution in [-0.4, -0.2) is 44.6 Å². The first-order chi connectivity index (χ1) is 12.8. The van der Waals surface area contributed by atoms with Crippen LogP contribution in [0.4, 0.5) is 8.78 Å². The third-order valence-corrected chi connectivity index (χ3v) is 3.61. The number of alkyl halides is 2. The number of esters is 1. The average Bonchev–Trinajstić information content (AvgIpc) is 2.65. The lowest BCUT2D eigenvalue weighted by Gasteiger charge is -2.21. The number of carbonyl (C=O) groups excluding carboxylic acids is 2. The van der Waals surface area contributed by atoms with Gasteiger partial charge in [0, 0.05) is 19.7 Å². The lowest BCUT2D eigenvalue weighted by molar-refractivity contribution is -0.138. The predicted molar refractivity (Wildman–Crippen MR) is 92.9 cm³/mol. The highest BCUT2D eigenvalue weighted by molar-refractivity contribution is 5.93. The third kappa shape index (κ3) is 5.16. The van der Waals surface area contributed by atoms with Crippen LogP contribution in [0.25, 0.3) is 0 Å². The molecule has 0 bridgehead atoms. The van der Waals surface area contributed by atoms with Crippen LogP contribution >= 0.6 is 0 Å². The first-order valence-corrected chi connectivity index (χ1v) is 7.93. The quantitative estimate of drug-likeness (QED) is 0.691. The number of hydrogen-bond acceptors (Lipinski definition) is 5. The number of methoxy groups -OCH3 is 1. The number of nitrogens with zero attached hydrogens (tertiary/aromatic N) is 1. The zero-order chi connectivity index (χ0) is 20.0. The molecule has 0 aromatic heterocycles. The van der Waals surface area contributed by atoms with E-state index in [4.69, 9.17) is 9.47 Å². The van der Waals surface area contributed by atoms with E-state index in [-0.39, 0.29) is 17.1 Å². The first kappa shape index (κ1) is 20.2. The van der Waals surface area contributed by atoms with Gasteiger partial charge in [0.15, 0.2) is 11.5 Å². The van der Waals surface area contributed by atoms with E-state index in [2.05, 4.69) is 4.74 Å². The number of amides is 1. The minimum absolute atomic E-state index is 0.0287. The molecular weight excluding hydrogens is 360 g/mol. The van der Waals surface area contributed by atoms with Crippen molar-refractivity contribution in [2.24, 2.45) is 0 Å². The number of hydrogen-bond donors (Lipinski definition) is 0. The number of carbonyl (C=O) groups is 2. The first-order valence-electron chi connectivity index (χ1n) is 7.93. The van der Waals surface area contributed by atoms with E-state index in [0.29, 0.717) is 5.56 Å². The van der Waals surface area contributed by atoms with Gasteiger partial charge in [-0.2, -0.15) is 8.78 Å². The summed E-state index contributed by atoms with van der Waals surface area (Å²) >= 11 is 0. The fourth-order valence-electron chi connectivity index (χ4n) is 2.29. The summed E-state index contributed by atoms with van der Waals surface area (Å²) in [5.41, 5.74) is 0.537. The zero-order valence-corrected chi connectivity index (χ0v) is 15.0. The van der Waals surface area contributed by atoms with Gasteiger partial charge in [-0.3, -0.25) is 4.79 Å². The Bertz CT molecular complexity index is 796. The normalized spacial score (nSPS) is 11.6. The molecule has 144 valence electrons. The number of rotatable bonds is 7. The summed E-state index contributed by atoms with van der Waals surface area (Å²) in [4.78, 5) is 26.3. The van der Waals surface area contributed by atoms with E-state index in [0.717, 1.165) is 0 Å². The smallest absolute Gasteiger partial charge is 0.387 e. The molecule has 1 unspecified atom stereocenters. The second-order valence-electron chi connectivity index (χ2n) is 5.67. The highest BCUT2D eigenvalue weighted by Crippen LogP contribution is 2.30. The lowest BCUT2D eigenvalue weighted by atomic mass is 10.1. The van der Waals surface area contributed by atoms with Crippen LogP contribution in [0.2, 0.25) is 0 Å². The van der Waals surface area contributed by atoms with Crippen molar-refractivity contribution in [3.8, 4) is 11.5 Å². The summed E-state index contributed by atoms with van der Waals surface area (Å²) in [6, 6.07) is 12.2. The largest absolute Gasteiger partial charge is 0.493 e. The lowest BCUT2D eigenvalue weighted by Crippen LogP contribution is -2.31. The molecule has 2 rings (SSSR count). The minimum Gasteiger partial charge on any atom is -0.493 e. The van der Waals surface area contributed by atoms with Crippen molar-refractivity contribution in [2.75, 3.05) is 21.2 Å². The van der Waals surface area contributed by atoms with Gasteiger partial charge in [0.25, 0.3) is 5.91 Å². The van der Waals surface area contributed by atoms with E-state index in [1.807, 2.05) is 0 Å². The molecule has 1 atom stereocenters. The molecule has 0 spiro atoms. The maximum Gasteiger partial charge on any atom is 0.387 e. The highest BCUT2D eigenvalue weighted by atomic mass is 19.3. The molecule has 0 aliphatic rings. The Labute approximate surface area is 155 Å². The summed E-state index contributed by atoms with van der Waals surface area (Å²) < 4.78 is 39.5. The van der Waals surface area contributed by atoms with E-state index in [9.17, 15) is 18.4 Å². The van der Waals surface area contributed by atoms with Crippen molar-refractivity contribution in [2.45, 2.75) is 12.7 Å². The van der Waals surface area contributed by atoms with Crippen molar-refractivity contribution < 1.29 is 32.6 Å². The van der Waals surface area contributed by atoms with Gasteiger partial charge < -0.3 is 19.1 Å². The predicted octanol–water partition coefficient (Wildman–Crippen LogP) is 3.28. The molecule has 0 saturated carbocycles. The van der Waals surface area contributed by atoms with E-state index in [1.54, 1.807) is 44.4 Å². The van der Waals surface area contributed by atoms with Crippen molar-refractivity contribution >= 4 is 11.9 Å². The van der Waals surface area contributed by atoms with Gasteiger partial charge in [-0.05, 0) is 18.2 Å². The second kappa shape index (κ2) is 8.98. The molecule has 0 saturated heterocycles. The van der Waals surface area contributed by atoms with E-state index >= 15 is 0 Å². The maximum absolute atomic E-state index is 12.5. The monoisotopic (exact) mass is 379 g/mol. The molecule has 0 aliphatic heterocycles. The van der Waals surface area contributed by atoms with Crippen molar-refractivity contribution in [1.82, 2.24) is 4.90 Å². The van der Waals surface area contributed by atoms with Gasteiger partial charge in [0.05, 0.1) is 12.7 Å². The Kier molecular flexibility index (Phi) is 6.70. The van der Waals surface area contributed by atoms with E-state index < -0.39 is 24.6 Å². The summed E-state index contributed by atoms with van der Waals surface area (Å²) in [5.74, 6) is -1.49. The summed E-state index contributed by atoms with van der Waals surface area (Å²) in [6.45, 7) is -3.03. The Hall–Kier alpha value is -3.16. The van der Waals surface area contributed by atoms with Gasteiger partial charge in [0.2, 0.25) is 6.10 Å². The van der Waals surface area contributed by atoms with Gasteiger partial charge in [-0.1, -0.05) is 30.3 Å². The molecule has 0 heterocycles. The van der Waals surface area contributed by atoms with Crippen LogP contribution in [0, 0.1) is 0 Å². The minimum atomic E-state index is -3.03. The molecule has 2 aromatic carbocycles. The number of likely N-dealkylation sites (N-methyl/N-ethyl adjacent to an activating group) is 1. The Balaban J connectivity index is 2.28. The van der Waals surface area contributed by atoms with Crippen LogP contribution in [-0.2, 0) is 9.53 Å². The molecular formula is C19H19F2NO5. The van der Waals surface area contributed by atoms with Crippen molar-refractivity contribution in [3.05, 3.63) is 59.7 Å². The third-order valence-electron chi connectivity index (χ3n) is 3.61. The molecule has 0 aliphatic carbocycles. The molecule has 8 heteroatoms. The molecule has 6 nitrogen and oxygen atoms in total. The van der Waals surface area contributed by atoms with Crippen LogP contribution in [0.5, 0.6) is 11.5 Å². The van der Waals surface area contributed by atoms with Crippen molar-refractivity contribution in [1.29, 1.82) is 0 Å². The van der Waals surface area contributed by atoms with Crippen LogP contribution in [0.1, 0.15) is 22.0 Å². The van der Waals surface area contributed by atoms with E-state index in [1.165, 1.54) is 30.2 Å². The van der Waals surface area contributed by atoms with Gasteiger partial charge in [-0.15, -0.1) is 0 Å². The fourth-order valence-corrected chi connectivity index (χ4v) is 2.29. The molecule has 2 aromatic rings. The zero-order valence-electron chi connectivity index (χ0n) is 15.0. The van der Waals surface area contributed by atoms with Crippen LogP contribution < -0.4 is 9.47 Å². The number of benzene rings is 2. The number of halogens is 2. The van der Waals surface area contributed by atoms with Gasteiger partial charge in [-0.25, -0.2) is 4.79 Å². The molecule has 1 amide bonds. The van der Waals surface area contributed by atoms with Gasteiger partial charge in [0.1, 0.15) is 0 Å². The van der Waals surface area contributed by atoms with Crippen LogP contribution in [0.3, 0.4) is 0 Å². The summed E-state index contributed by atoms with van der Waals surface area (Å²) in [6.07, 6.45) is -1.14. The SMILES string of the molecule is COc1cc(C(=O)OC(C(=O)N(C)C)c2ccccc2)ccc1OC(F)F. The second-order valence-corrected chi connectivity index (χ2v) is 5.67.